The summed E-state index contributed by atoms with van der Waals surface area (Å²) >= 11 is 0. The summed E-state index contributed by atoms with van der Waals surface area (Å²) in [4.78, 5) is 29.2. The monoisotopic (exact) mass is 467 g/mol. The average molecular weight is 468 g/mol. The minimum Gasteiger partial charge on any atom is -0.354 e. The molecular weight excluding hydrogens is 438 g/mol. The van der Waals surface area contributed by atoms with Crippen molar-refractivity contribution in [3.05, 3.63) is 94.9 Å². The third kappa shape index (κ3) is 5.22. The summed E-state index contributed by atoms with van der Waals surface area (Å²) in [6.45, 7) is 4.82. The van der Waals surface area contributed by atoms with Crippen LogP contribution >= 0.6 is 0 Å². The Kier molecular flexibility index (Phi) is 6.81. The Bertz CT molecular complexity index is 1320. The number of nitrogens with one attached hydrogen (secondary N) is 2. The van der Waals surface area contributed by atoms with Crippen LogP contribution in [-0.4, -0.2) is 45.2 Å². The number of fused-ring (bicyclic) bond motifs is 1. The number of rotatable bonds is 8. The molecule has 1 unspecified atom stereocenters. The predicted octanol–water partition coefficient (Wildman–Crippen LogP) is 3.48. The van der Waals surface area contributed by atoms with Crippen molar-refractivity contribution < 1.29 is 0 Å². The molecule has 1 aliphatic heterocycles. The van der Waals surface area contributed by atoms with E-state index in [2.05, 4.69) is 34.7 Å². The quantitative estimate of drug-likeness (QED) is 0.410. The van der Waals surface area contributed by atoms with E-state index in [1.807, 2.05) is 59.5 Å². The van der Waals surface area contributed by atoms with Crippen molar-refractivity contribution >= 4 is 17.7 Å². The average Bonchev–Trinajstić information content (AvgIpc) is 2.90. The Hall–Kier alpha value is -4.04. The van der Waals surface area contributed by atoms with Gasteiger partial charge >= 0.3 is 0 Å². The molecule has 0 saturated carbocycles. The molecule has 0 amide bonds. The highest BCUT2D eigenvalue weighted by molar-refractivity contribution is 5.63. The topological polar surface area (TPSA) is 88.0 Å². The minimum absolute atomic E-state index is 0.0725. The highest BCUT2D eigenvalue weighted by atomic mass is 16.1. The first kappa shape index (κ1) is 22.7. The van der Waals surface area contributed by atoms with E-state index in [0.29, 0.717) is 36.5 Å². The van der Waals surface area contributed by atoms with E-state index in [1.54, 1.807) is 16.8 Å². The third-order valence-electron chi connectivity index (χ3n) is 6.05. The second-order valence-corrected chi connectivity index (χ2v) is 8.52. The van der Waals surface area contributed by atoms with Gasteiger partial charge in [0.1, 0.15) is 5.82 Å². The van der Waals surface area contributed by atoms with Crippen molar-refractivity contribution in [1.82, 2.24) is 24.8 Å². The highest BCUT2D eigenvalue weighted by Gasteiger charge is 2.28. The normalized spacial score (nSPS) is 15.0. The van der Waals surface area contributed by atoms with Gasteiger partial charge < -0.3 is 10.6 Å². The molecule has 2 aromatic heterocycles. The van der Waals surface area contributed by atoms with Crippen LogP contribution in [0.2, 0.25) is 0 Å². The third-order valence-corrected chi connectivity index (χ3v) is 6.05. The van der Waals surface area contributed by atoms with Crippen molar-refractivity contribution in [1.29, 1.82) is 0 Å². The maximum atomic E-state index is 13.2. The number of benzene rings is 2. The van der Waals surface area contributed by atoms with Crippen LogP contribution in [0.5, 0.6) is 0 Å². The molecule has 0 saturated heterocycles. The zero-order valence-corrected chi connectivity index (χ0v) is 19.8. The summed E-state index contributed by atoms with van der Waals surface area (Å²) in [6, 6.07) is 23.7. The Morgan fingerprint density at radius 2 is 1.74 bits per heavy atom. The van der Waals surface area contributed by atoms with Gasteiger partial charge in [0.2, 0.25) is 11.9 Å². The first-order valence-corrected chi connectivity index (χ1v) is 12.0. The Labute approximate surface area is 204 Å². The van der Waals surface area contributed by atoms with Crippen molar-refractivity contribution in [3.8, 4) is 11.3 Å². The van der Waals surface area contributed by atoms with Gasteiger partial charge in [0, 0.05) is 43.5 Å². The van der Waals surface area contributed by atoms with Gasteiger partial charge in [0.25, 0.3) is 5.56 Å². The molecule has 35 heavy (non-hydrogen) atoms. The summed E-state index contributed by atoms with van der Waals surface area (Å²) in [7, 11) is 0. The maximum Gasteiger partial charge on any atom is 0.255 e. The molecule has 178 valence electrons. The fraction of sp³-hybridized carbons (Fsp3) is 0.259. The largest absolute Gasteiger partial charge is 0.354 e. The van der Waals surface area contributed by atoms with Gasteiger partial charge in [-0.05, 0) is 24.6 Å². The lowest BCUT2D eigenvalue weighted by Gasteiger charge is -2.35. The van der Waals surface area contributed by atoms with Crippen LogP contribution in [-0.2, 0) is 13.0 Å². The SMILES string of the molecule is CCNC1CN(c2ccnc(NCCc3ccccc3)n2)c2nc(-c3ccccc3)cc(=O)n2C1. The molecule has 8 heteroatoms. The van der Waals surface area contributed by atoms with Crippen molar-refractivity contribution in [2.75, 3.05) is 29.9 Å². The molecule has 1 aliphatic rings. The molecule has 8 nitrogen and oxygen atoms in total. The van der Waals surface area contributed by atoms with Crippen molar-refractivity contribution in [2.24, 2.45) is 0 Å². The molecule has 4 aromatic rings. The molecule has 0 spiro atoms. The molecule has 0 bridgehead atoms. The number of likely N-dealkylation sites (N-methyl/N-ethyl adjacent to an activating group) is 1. The zero-order valence-electron chi connectivity index (χ0n) is 19.8. The molecule has 0 aliphatic carbocycles. The molecule has 5 rings (SSSR count). The summed E-state index contributed by atoms with van der Waals surface area (Å²) in [6.07, 6.45) is 2.62. The lowest BCUT2D eigenvalue weighted by molar-refractivity contribution is 0.422. The second kappa shape index (κ2) is 10.5. The van der Waals surface area contributed by atoms with Gasteiger partial charge in [-0.3, -0.25) is 14.3 Å². The van der Waals surface area contributed by atoms with Gasteiger partial charge in [-0.25, -0.2) is 9.97 Å². The highest BCUT2D eigenvalue weighted by Crippen LogP contribution is 2.28. The first-order valence-electron chi connectivity index (χ1n) is 12.0. The summed E-state index contributed by atoms with van der Waals surface area (Å²) in [5, 5.41) is 6.81. The van der Waals surface area contributed by atoms with Crippen LogP contribution in [0, 0.1) is 0 Å². The standard InChI is InChI=1S/C27H29N7O/c1-2-28-22-18-33(24-14-16-30-26(32-24)29-15-13-20-9-5-3-6-10-20)27-31-23(17-25(35)34(27)19-22)21-11-7-4-8-12-21/h3-12,14,16-17,22,28H,2,13,15,18-19H2,1H3,(H,29,30,32). The van der Waals surface area contributed by atoms with Crippen LogP contribution in [0.3, 0.4) is 0 Å². The van der Waals surface area contributed by atoms with E-state index >= 15 is 0 Å². The molecule has 2 N–H and O–H groups in total. The van der Waals surface area contributed by atoms with Crippen LogP contribution in [0.15, 0.2) is 83.8 Å². The predicted molar refractivity (Wildman–Crippen MR) is 139 cm³/mol. The van der Waals surface area contributed by atoms with Crippen LogP contribution in [0.25, 0.3) is 11.3 Å². The van der Waals surface area contributed by atoms with Gasteiger partial charge in [-0.1, -0.05) is 67.6 Å². The fourth-order valence-electron chi connectivity index (χ4n) is 4.37. The van der Waals surface area contributed by atoms with E-state index in [1.165, 1.54) is 5.56 Å². The lowest BCUT2D eigenvalue weighted by Crippen LogP contribution is -2.50. The molecule has 2 aromatic carbocycles. The van der Waals surface area contributed by atoms with Crippen LogP contribution < -0.4 is 21.1 Å². The number of hydrogen-bond acceptors (Lipinski definition) is 7. The summed E-state index contributed by atoms with van der Waals surface area (Å²) in [5.41, 5.74) is 2.75. The number of nitrogens with zero attached hydrogens (tertiary/aromatic N) is 5. The van der Waals surface area contributed by atoms with Crippen molar-refractivity contribution in [2.45, 2.75) is 25.9 Å². The lowest BCUT2D eigenvalue weighted by atomic mass is 10.1. The van der Waals surface area contributed by atoms with E-state index < -0.39 is 0 Å². The second-order valence-electron chi connectivity index (χ2n) is 8.52. The summed E-state index contributed by atoms with van der Waals surface area (Å²) in [5.74, 6) is 1.85. The first-order chi connectivity index (χ1) is 17.2. The smallest absolute Gasteiger partial charge is 0.255 e. The number of hydrogen-bond donors (Lipinski definition) is 2. The van der Waals surface area contributed by atoms with Gasteiger partial charge in [-0.15, -0.1) is 0 Å². The molecule has 0 fully saturated rings. The number of anilines is 3. The Morgan fingerprint density at radius 3 is 2.51 bits per heavy atom. The van der Waals surface area contributed by atoms with Crippen LogP contribution in [0.4, 0.5) is 17.7 Å². The van der Waals surface area contributed by atoms with Gasteiger partial charge in [0.05, 0.1) is 5.69 Å². The molecule has 0 radical (unpaired) electrons. The van der Waals surface area contributed by atoms with Crippen molar-refractivity contribution in [3.63, 3.8) is 0 Å². The Balaban J connectivity index is 1.45. The van der Waals surface area contributed by atoms with Gasteiger partial charge in [-0.2, -0.15) is 4.98 Å². The number of aromatic nitrogens is 4. The summed E-state index contributed by atoms with van der Waals surface area (Å²) < 4.78 is 1.73. The molecular formula is C27H29N7O. The minimum atomic E-state index is -0.0725. The van der Waals surface area contributed by atoms with E-state index in [0.717, 1.165) is 25.1 Å². The van der Waals surface area contributed by atoms with Crippen LogP contribution in [0.1, 0.15) is 12.5 Å². The zero-order chi connectivity index (χ0) is 24.0. The van der Waals surface area contributed by atoms with Gasteiger partial charge in [0.15, 0.2) is 0 Å². The maximum absolute atomic E-state index is 13.2. The Morgan fingerprint density at radius 1 is 0.971 bits per heavy atom. The molecule has 1 atom stereocenters. The van der Waals surface area contributed by atoms with E-state index in [-0.39, 0.29) is 11.6 Å². The van der Waals surface area contributed by atoms with E-state index in [9.17, 15) is 4.79 Å². The van der Waals surface area contributed by atoms with E-state index in [4.69, 9.17) is 9.97 Å². The molecule has 3 heterocycles. The fourth-order valence-corrected chi connectivity index (χ4v) is 4.37.